The molecule has 0 radical (unpaired) electrons. The average molecular weight is 468 g/mol. The Balaban J connectivity index is 1.70. The van der Waals surface area contributed by atoms with Gasteiger partial charge in [0.2, 0.25) is 5.91 Å². The van der Waals surface area contributed by atoms with Crippen LogP contribution in [0.2, 0.25) is 5.02 Å². The van der Waals surface area contributed by atoms with E-state index < -0.39 is 30.4 Å². The molecule has 1 aromatic rings. The van der Waals surface area contributed by atoms with Gasteiger partial charge in [0, 0.05) is 10.9 Å². The highest BCUT2D eigenvalue weighted by Crippen LogP contribution is 2.24. The first kappa shape index (κ1) is 25.5. The minimum atomic E-state index is -0.848. The smallest absolute Gasteiger partial charge is 0.329 e. The molecule has 0 aromatic heterocycles. The maximum atomic E-state index is 12.4. The van der Waals surface area contributed by atoms with Crippen molar-refractivity contribution in [2.75, 3.05) is 13.2 Å². The molecular formula is C22H30ClN3O6. The summed E-state index contributed by atoms with van der Waals surface area (Å²) in [7, 11) is 0. The number of carbonyl (C=O) groups is 4. The molecule has 176 valence electrons. The first-order chi connectivity index (χ1) is 15.3. The van der Waals surface area contributed by atoms with Crippen molar-refractivity contribution in [2.24, 2.45) is 11.8 Å². The first-order valence-corrected chi connectivity index (χ1v) is 11.1. The van der Waals surface area contributed by atoms with Gasteiger partial charge >= 0.3 is 5.97 Å². The van der Waals surface area contributed by atoms with Crippen molar-refractivity contribution in [3.05, 3.63) is 29.3 Å². The van der Waals surface area contributed by atoms with E-state index in [0.29, 0.717) is 10.8 Å². The van der Waals surface area contributed by atoms with Gasteiger partial charge in [-0.05, 0) is 43.0 Å². The van der Waals surface area contributed by atoms with E-state index in [1.807, 2.05) is 0 Å². The Morgan fingerprint density at radius 1 is 0.969 bits per heavy atom. The summed E-state index contributed by atoms with van der Waals surface area (Å²) in [4.78, 5) is 48.5. The zero-order valence-corrected chi connectivity index (χ0v) is 19.1. The van der Waals surface area contributed by atoms with Gasteiger partial charge in [-0.3, -0.25) is 25.2 Å². The highest BCUT2D eigenvalue weighted by molar-refractivity contribution is 6.30. The Bertz CT molecular complexity index is 793. The molecule has 1 aliphatic carbocycles. The number of benzene rings is 1. The van der Waals surface area contributed by atoms with Crippen LogP contribution in [0.25, 0.3) is 0 Å². The number of esters is 1. The van der Waals surface area contributed by atoms with Crippen LogP contribution in [0, 0.1) is 11.8 Å². The second-order valence-corrected chi connectivity index (χ2v) is 8.45. The van der Waals surface area contributed by atoms with E-state index in [2.05, 4.69) is 16.2 Å². The Hall–Kier alpha value is -2.81. The fourth-order valence-electron chi connectivity index (χ4n) is 3.25. The van der Waals surface area contributed by atoms with E-state index in [0.717, 1.165) is 32.1 Å². The topological polar surface area (TPSA) is 123 Å². The Morgan fingerprint density at radius 2 is 1.56 bits per heavy atom. The van der Waals surface area contributed by atoms with Crippen LogP contribution in [0.5, 0.6) is 5.75 Å². The summed E-state index contributed by atoms with van der Waals surface area (Å²) in [6.45, 7) is 2.64. The van der Waals surface area contributed by atoms with Gasteiger partial charge in [-0.15, -0.1) is 0 Å². The maximum absolute atomic E-state index is 12.4. The maximum Gasteiger partial charge on any atom is 0.329 e. The van der Waals surface area contributed by atoms with E-state index in [1.165, 1.54) is 0 Å². The molecule has 0 spiro atoms. The van der Waals surface area contributed by atoms with Gasteiger partial charge in [0.25, 0.3) is 11.8 Å². The lowest BCUT2D eigenvalue weighted by atomic mass is 9.88. The highest BCUT2D eigenvalue weighted by Gasteiger charge is 2.30. The van der Waals surface area contributed by atoms with E-state index >= 15 is 0 Å². The van der Waals surface area contributed by atoms with Crippen LogP contribution in [0.3, 0.4) is 0 Å². The van der Waals surface area contributed by atoms with Crippen molar-refractivity contribution in [3.8, 4) is 5.75 Å². The fraction of sp³-hybridized carbons (Fsp3) is 0.545. The second-order valence-electron chi connectivity index (χ2n) is 8.01. The average Bonchev–Trinajstić information content (AvgIpc) is 2.79. The van der Waals surface area contributed by atoms with Crippen LogP contribution in [0.4, 0.5) is 0 Å². The lowest BCUT2D eigenvalue weighted by Crippen LogP contribution is -2.49. The summed E-state index contributed by atoms with van der Waals surface area (Å²) in [5.41, 5.74) is 4.30. The van der Waals surface area contributed by atoms with Crippen molar-refractivity contribution in [1.29, 1.82) is 0 Å². The minimum Gasteiger partial charge on any atom is -0.484 e. The number of ether oxygens (including phenoxy) is 2. The Labute approximate surface area is 192 Å². The van der Waals surface area contributed by atoms with Crippen molar-refractivity contribution >= 4 is 35.3 Å². The molecule has 32 heavy (non-hydrogen) atoms. The molecule has 9 nitrogen and oxygen atoms in total. The van der Waals surface area contributed by atoms with E-state index in [1.54, 1.807) is 38.1 Å². The first-order valence-electron chi connectivity index (χ1n) is 10.7. The van der Waals surface area contributed by atoms with Crippen LogP contribution in [0.15, 0.2) is 24.3 Å². The van der Waals surface area contributed by atoms with Gasteiger partial charge in [0.1, 0.15) is 11.8 Å². The molecule has 1 aliphatic rings. The van der Waals surface area contributed by atoms with Gasteiger partial charge in [-0.2, -0.15) is 0 Å². The molecule has 10 heteroatoms. The SMILES string of the molecule is CC(C)C(NC(=O)C1CCCCC1)C(=O)OCC(=O)NNC(=O)COc1ccc(Cl)cc1. The van der Waals surface area contributed by atoms with Gasteiger partial charge in [-0.25, -0.2) is 4.79 Å². The Kier molecular flexibility index (Phi) is 10.3. The zero-order valence-electron chi connectivity index (χ0n) is 18.3. The van der Waals surface area contributed by atoms with Gasteiger partial charge in [-0.1, -0.05) is 44.7 Å². The summed E-state index contributed by atoms with van der Waals surface area (Å²) >= 11 is 5.77. The summed E-state index contributed by atoms with van der Waals surface area (Å²) in [5, 5.41) is 3.29. The van der Waals surface area contributed by atoms with Crippen LogP contribution in [-0.2, 0) is 23.9 Å². The predicted octanol–water partition coefficient (Wildman–Crippen LogP) is 2.13. The molecule has 0 aliphatic heterocycles. The molecule has 2 rings (SSSR count). The quantitative estimate of drug-likeness (QED) is 0.377. The van der Waals surface area contributed by atoms with Crippen molar-refractivity contribution in [2.45, 2.75) is 52.0 Å². The highest BCUT2D eigenvalue weighted by atomic mass is 35.5. The molecule has 3 N–H and O–H groups in total. The van der Waals surface area contributed by atoms with Crippen molar-refractivity contribution in [1.82, 2.24) is 16.2 Å². The summed E-state index contributed by atoms with van der Waals surface area (Å²) < 4.78 is 10.3. The number of hydrazine groups is 1. The number of amides is 3. The Morgan fingerprint density at radius 3 is 2.16 bits per heavy atom. The van der Waals surface area contributed by atoms with Gasteiger partial charge in [0.05, 0.1) is 0 Å². The summed E-state index contributed by atoms with van der Waals surface area (Å²) in [6, 6.07) is 5.59. The molecular weight excluding hydrogens is 438 g/mol. The summed E-state index contributed by atoms with van der Waals surface area (Å²) in [5.74, 6) is -2.03. The second kappa shape index (κ2) is 12.9. The van der Waals surface area contributed by atoms with Crippen LogP contribution >= 0.6 is 11.6 Å². The molecule has 0 heterocycles. The van der Waals surface area contributed by atoms with Crippen LogP contribution in [-0.4, -0.2) is 42.9 Å². The normalized spacial score (nSPS) is 14.9. The van der Waals surface area contributed by atoms with Gasteiger partial charge in [0.15, 0.2) is 13.2 Å². The predicted molar refractivity (Wildman–Crippen MR) is 118 cm³/mol. The molecule has 3 amide bonds. The van der Waals surface area contributed by atoms with Crippen molar-refractivity contribution < 1.29 is 28.7 Å². The van der Waals surface area contributed by atoms with Gasteiger partial charge < -0.3 is 14.8 Å². The largest absolute Gasteiger partial charge is 0.484 e. The number of hydrogen-bond donors (Lipinski definition) is 3. The standard InChI is InChI=1S/C22H30ClN3O6/c1-14(2)20(24-21(29)15-6-4-3-5-7-15)22(30)32-13-19(28)26-25-18(27)12-31-17-10-8-16(23)9-11-17/h8-11,14-15,20H,3-7,12-13H2,1-2H3,(H,24,29)(H,25,27)(H,26,28). The minimum absolute atomic E-state index is 0.0913. The monoisotopic (exact) mass is 467 g/mol. The number of nitrogens with one attached hydrogen (secondary N) is 3. The summed E-state index contributed by atoms with van der Waals surface area (Å²) in [6.07, 6.45) is 4.76. The molecule has 0 saturated heterocycles. The number of hydrogen-bond acceptors (Lipinski definition) is 6. The molecule has 1 saturated carbocycles. The molecule has 1 unspecified atom stereocenters. The molecule has 1 aromatic carbocycles. The van der Waals surface area contributed by atoms with E-state index in [-0.39, 0.29) is 24.3 Å². The van der Waals surface area contributed by atoms with Crippen LogP contribution < -0.4 is 20.9 Å². The third-order valence-electron chi connectivity index (χ3n) is 5.06. The van der Waals surface area contributed by atoms with Crippen molar-refractivity contribution in [3.63, 3.8) is 0 Å². The fourth-order valence-corrected chi connectivity index (χ4v) is 3.38. The van der Waals surface area contributed by atoms with Crippen LogP contribution in [0.1, 0.15) is 46.0 Å². The lowest BCUT2D eigenvalue weighted by molar-refractivity contribution is -0.153. The molecule has 1 atom stereocenters. The van der Waals surface area contributed by atoms with E-state index in [9.17, 15) is 19.2 Å². The molecule has 0 bridgehead atoms. The number of rotatable bonds is 9. The third kappa shape index (κ3) is 8.74. The number of carbonyl (C=O) groups excluding carboxylic acids is 4. The van der Waals surface area contributed by atoms with E-state index in [4.69, 9.17) is 21.1 Å². The number of halogens is 1. The zero-order chi connectivity index (χ0) is 23.5. The molecule has 1 fully saturated rings. The lowest BCUT2D eigenvalue weighted by Gasteiger charge is -2.25. The third-order valence-corrected chi connectivity index (χ3v) is 5.32.